The van der Waals surface area contributed by atoms with E-state index in [1.807, 2.05) is 0 Å². The van der Waals surface area contributed by atoms with Gasteiger partial charge < -0.3 is 20.9 Å². The van der Waals surface area contributed by atoms with E-state index in [0.29, 0.717) is 38.3 Å². The van der Waals surface area contributed by atoms with Crippen LogP contribution in [-0.2, 0) is 9.53 Å². The van der Waals surface area contributed by atoms with E-state index in [9.17, 15) is 9.59 Å². The molecule has 2 rings (SSSR count). The molecule has 0 bridgehead atoms. The third-order valence-corrected chi connectivity index (χ3v) is 4.94. The van der Waals surface area contributed by atoms with Crippen LogP contribution >= 0.6 is 0 Å². The van der Waals surface area contributed by atoms with Crippen molar-refractivity contribution in [3.63, 3.8) is 0 Å². The molecule has 6 nitrogen and oxygen atoms in total. The number of alkyl carbamates (subject to hydrolysis) is 1. The highest BCUT2D eigenvalue weighted by atomic mass is 16.5. The van der Waals surface area contributed by atoms with Crippen LogP contribution in [0.1, 0.15) is 44.9 Å². The van der Waals surface area contributed by atoms with E-state index in [4.69, 9.17) is 15.6 Å². The Morgan fingerprint density at radius 1 is 1.22 bits per heavy atom. The van der Waals surface area contributed by atoms with E-state index < -0.39 is 12.0 Å². The van der Waals surface area contributed by atoms with Crippen LogP contribution in [0, 0.1) is 17.8 Å². The van der Waals surface area contributed by atoms with Crippen LogP contribution in [0.3, 0.4) is 0 Å². The van der Waals surface area contributed by atoms with Crippen molar-refractivity contribution in [2.24, 2.45) is 23.5 Å². The van der Waals surface area contributed by atoms with Crippen molar-refractivity contribution in [2.45, 2.75) is 51.0 Å². The van der Waals surface area contributed by atoms with Gasteiger partial charge in [0.25, 0.3) is 0 Å². The largest absolute Gasteiger partial charge is 0.480 e. The highest BCUT2D eigenvalue weighted by Gasteiger charge is 2.49. The number of hydrogen-bond donors (Lipinski definition) is 3. The lowest BCUT2D eigenvalue weighted by atomic mass is 10.1. The average Bonchev–Trinajstić information content (AvgIpc) is 3.14. The van der Waals surface area contributed by atoms with Gasteiger partial charge in [0.2, 0.25) is 0 Å². The van der Waals surface area contributed by atoms with Gasteiger partial charge in [-0.15, -0.1) is 0 Å². The number of carboxylic acid groups (broad SMARTS) is 1. The van der Waals surface area contributed by atoms with Gasteiger partial charge in [-0.1, -0.05) is 12.2 Å². The number of ether oxygens (including phenoxy) is 1. The SMILES string of the molecule is N[C@@H](CCCCNC(=O)OC[C@H]1[C@@H]2CC/C=C\CC[C@@H]21)C(=O)O. The summed E-state index contributed by atoms with van der Waals surface area (Å²) in [6.45, 7) is 1.01. The molecule has 1 saturated carbocycles. The zero-order valence-electron chi connectivity index (χ0n) is 13.6. The van der Waals surface area contributed by atoms with Crippen LogP contribution in [0.15, 0.2) is 12.2 Å². The summed E-state index contributed by atoms with van der Waals surface area (Å²) in [5.41, 5.74) is 5.41. The smallest absolute Gasteiger partial charge is 0.407 e. The summed E-state index contributed by atoms with van der Waals surface area (Å²) in [4.78, 5) is 22.2. The Kier molecular flexibility index (Phi) is 6.89. The standard InChI is InChI=1S/C17H28N2O4/c18-15(16(20)21)9-5-6-10-19-17(22)23-11-14-12-7-3-1-2-4-8-13(12)14/h1-2,12-15H,3-11,18H2,(H,19,22)(H,20,21)/b2-1-/t12-,13+,14+,15-/m0/s1. The maximum atomic E-state index is 11.7. The summed E-state index contributed by atoms with van der Waals surface area (Å²) in [7, 11) is 0. The van der Waals surface area contributed by atoms with Crippen LogP contribution in [0.4, 0.5) is 4.79 Å². The van der Waals surface area contributed by atoms with Crippen LogP contribution in [-0.4, -0.2) is 36.4 Å². The van der Waals surface area contributed by atoms with E-state index in [0.717, 1.165) is 24.7 Å². The number of unbranched alkanes of at least 4 members (excludes halogenated alkanes) is 1. The quantitative estimate of drug-likeness (QED) is 0.470. The number of hydrogen-bond acceptors (Lipinski definition) is 4. The second-order valence-electron chi connectivity index (χ2n) is 6.58. The summed E-state index contributed by atoms with van der Waals surface area (Å²) in [5.74, 6) is 1.01. The van der Waals surface area contributed by atoms with Crippen LogP contribution < -0.4 is 11.1 Å². The topological polar surface area (TPSA) is 102 Å². The Balaban J connectivity index is 1.50. The third kappa shape index (κ3) is 5.86. The van der Waals surface area contributed by atoms with Crippen LogP contribution in [0.5, 0.6) is 0 Å². The van der Waals surface area contributed by atoms with Crippen molar-refractivity contribution in [3.05, 3.63) is 12.2 Å². The molecule has 0 spiro atoms. The maximum Gasteiger partial charge on any atom is 0.407 e. The normalized spacial score (nSPS) is 28.7. The molecule has 0 saturated heterocycles. The van der Waals surface area contributed by atoms with Gasteiger partial charge in [-0.25, -0.2) is 4.79 Å². The number of carboxylic acids is 1. The lowest BCUT2D eigenvalue weighted by Crippen LogP contribution is -2.30. The van der Waals surface area contributed by atoms with E-state index in [1.165, 1.54) is 12.8 Å². The summed E-state index contributed by atoms with van der Waals surface area (Å²) in [5, 5.41) is 11.4. The van der Waals surface area contributed by atoms with Crippen molar-refractivity contribution in [3.8, 4) is 0 Å². The molecule has 6 heteroatoms. The molecule has 0 heterocycles. The van der Waals surface area contributed by atoms with Gasteiger partial charge in [0.05, 0.1) is 6.61 Å². The number of amides is 1. The number of aliphatic carboxylic acids is 1. The highest BCUT2D eigenvalue weighted by molar-refractivity contribution is 5.72. The first-order valence-electron chi connectivity index (χ1n) is 8.63. The zero-order valence-corrected chi connectivity index (χ0v) is 13.6. The number of rotatable bonds is 8. The average molecular weight is 324 g/mol. The molecular formula is C17H28N2O4. The monoisotopic (exact) mass is 324 g/mol. The molecule has 23 heavy (non-hydrogen) atoms. The molecule has 0 radical (unpaired) electrons. The molecule has 130 valence electrons. The first-order chi connectivity index (χ1) is 11.1. The molecule has 0 unspecified atom stereocenters. The lowest BCUT2D eigenvalue weighted by molar-refractivity contribution is -0.138. The van der Waals surface area contributed by atoms with Crippen molar-refractivity contribution >= 4 is 12.1 Å². The molecule has 1 amide bonds. The fraction of sp³-hybridized carbons (Fsp3) is 0.765. The fourth-order valence-corrected chi connectivity index (χ4v) is 3.47. The van der Waals surface area contributed by atoms with E-state index >= 15 is 0 Å². The summed E-state index contributed by atoms with van der Waals surface area (Å²) in [6, 6.07) is -0.817. The maximum absolute atomic E-state index is 11.7. The number of nitrogens with one attached hydrogen (secondary N) is 1. The molecule has 0 aromatic rings. The van der Waals surface area contributed by atoms with E-state index in [-0.39, 0.29) is 6.09 Å². The Bertz CT molecular complexity index is 422. The third-order valence-electron chi connectivity index (χ3n) is 4.94. The summed E-state index contributed by atoms with van der Waals surface area (Å²) < 4.78 is 5.32. The summed E-state index contributed by atoms with van der Waals surface area (Å²) in [6.07, 6.45) is 10.6. The van der Waals surface area contributed by atoms with Crippen LogP contribution in [0.25, 0.3) is 0 Å². The van der Waals surface area contributed by atoms with Gasteiger partial charge in [0, 0.05) is 6.54 Å². The Hall–Kier alpha value is -1.56. The minimum Gasteiger partial charge on any atom is -0.480 e. The van der Waals surface area contributed by atoms with Crippen molar-refractivity contribution in [1.82, 2.24) is 5.32 Å². The second kappa shape index (κ2) is 8.91. The first kappa shape index (κ1) is 17.8. The molecule has 4 atom stereocenters. The van der Waals surface area contributed by atoms with Crippen LogP contribution in [0.2, 0.25) is 0 Å². The first-order valence-corrected chi connectivity index (χ1v) is 8.63. The Labute approximate surface area is 137 Å². The van der Waals surface area contributed by atoms with Crippen molar-refractivity contribution in [2.75, 3.05) is 13.2 Å². The number of carbonyl (C=O) groups is 2. The van der Waals surface area contributed by atoms with E-state index in [1.54, 1.807) is 0 Å². The molecular weight excluding hydrogens is 296 g/mol. The minimum absolute atomic E-state index is 0.370. The molecule has 4 N–H and O–H groups in total. The predicted octanol–water partition coefficient (Wildman–Crippen LogP) is 2.29. The number of fused-ring (bicyclic) bond motifs is 1. The second-order valence-corrected chi connectivity index (χ2v) is 6.58. The minimum atomic E-state index is -0.981. The molecule has 0 aromatic carbocycles. The Morgan fingerprint density at radius 2 is 1.87 bits per heavy atom. The molecule has 2 aliphatic rings. The zero-order chi connectivity index (χ0) is 16.7. The van der Waals surface area contributed by atoms with Gasteiger partial charge in [0.15, 0.2) is 0 Å². The van der Waals surface area contributed by atoms with Gasteiger partial charge in [0.1, 0.15) is 6.04 Å². The molecule has 0 aromatic heterocycles. The van der Waals surface area contributed by atoms with Gasteiger partial charge in [-0.3, -0.25) is 4.79 Å². The Morgan fingerprint density at radius 3 is 2.48 bits per heavy atom. The fourth-order valence-electron chi connectivity index (χ4n) is 3.47. The predicted molar refractivity (Wildman–Crippen MR) is 86.9 cm³/mol. The summed E-state index contributed by atoms with van der Waals surface area (Å²) >= 11 is 0. The van der Waals surface area contributed by atoms with Crippen molar-refractivity contribution in [1.29, 1.82) is 0 Å². The van der Waals surface area contributed by atoms with E-state index in [2.05, 4.69) is 17.5 Å². The number of nitrogens with two attached hydrogens (primary N) is 1. The molecule has 2 aliphatic carbocycles. The molecule has 0 aliphatic heterocycles. The van der Waals surface area contributed by atoms with Crippen molar-refractivity contribution < 1.29 is 19.4 Å². The lowest BCUT2D eigenvalue weighted by Gasteiger charge is -2.08. The highest BCUT2D eigenvalue weighted by Crippen LogP contribution is 2.52. The van der Waals surface area contributed by atoms with Gasteiger partial charge >= 0.3 is 12.1 Å². The van der Waals surface area contributed by atoms with Gasteiger partial charge in [-0.05, 0) is 62.7 Å². The number of carbonyl (C=O) groups excluding carboxylic acids is 1. The number of allylic oxidation sites excluding steroid dienone is 2. The van der Waals surface area contributed by atoms with Gasteiger partial charge in [-0.2, -0.15) is 0 Å². The molecule has 1 fully saturated rings.